The molecular weight excluding hydrogens is 458 g/mol. The molecule has 5 nitrogen and oxygen atoms in total. The first-order chi connectivity index (χ1) is 17.5. The fourth-order valence-corrected chi connectivity index (χ4v) is 8.77. The summed E-state index contributed by atoms with van der Waals surface area (Å²) in [6.45, 7) is 14.4. The van der Waals surface area contributed by atoms with Gasteiger partial charge in [-0.1, -0.05) is 35.1 Å². The van der Waals surface area contributed by atoms with Gasteiger partial charge in [0.15, 0.2) is 0 Å². The average Bonchev–Trinajstić information content (AvgIpc) is 3.56. The lowest BCUT2D eigenvalue weighted by Gasteiger charge is -2.53. The number of nitriles is 1. The molecule has 5 rings (SSSR count). The van der Waals surface area contributed by atoms with Crippen molar-refractivity contribution in [3.63, 3.8) is 0 Å². The van der Waals surface area contributed by atoms with Gasteiger partial charge in [-0.3, -0.25) is 4.68 Å². The SMILES string of the molecule is C.CC.CC.CCOCC1CCC2C(CCC3C2CCC2C3CC[C@@H]2[C@@](C)(O)Cn2cc(C#N)cn2)C1. The van der Waals surface area contributed by atoms with E-state index in [4.69, 9.17) is 10.00 Å². The van der Waals surface area contributed by atoms with Crippen LogP contribution in [0.3, 0.4) is 0 Å². The zero-order chi connectivity index (χ0) is 26.3. The highest BCUT2D eigenvalue weighted by atomic mass is 16.5. The Bertz CT molecular complexity index is 828. The zero-order valence-electron chi connectivity index (χ0n) is 24.0. The molecule has 9 atom stereocenters. The van der Waals surface area contributed by atoms with Gasteiger partial charge in [-0.2, -0.15) is 10.4 Å². The summed E-state index contributed by atoms with van der Waals surface area (Å²) in [6, 6.07) is 2.14. The Kier molecular flexibility index (Phi) is 12.6. The molecule has 1 aromatic heterocycles. The van der Waals surface area contributed by atoms with Crippen LogP contribution in [-0.4, -0.2) is 33.7 Å². The van der Waals surface area contributed by atoms with Crippen molar-refractivity contribution in [3.8, 4) is 6.07 Å². The molecule has 37 heavy (non-hydrogen) atoms. The van der Waals surface area contributed by atoms with Crippen LogP contribution >= 0.6 is 0 Å². The zero-order valence-corrected chi connectivity index (χ0v) is 24.0. The van der Waals surface area contributed by atoms with E-state index in [0.29, 0.717) is 23.9 Å². The molecule has 4 fully saturated rings. The molecule has 4 saturated carbocycles. The van der Waals surface area contributed by atoms with Crippen molar-refractivity contribution >= 4 is 0 Å². The molecule has 1 heterocycles. The minimum atomic E-state index is -0.764. The first kappa shape index (κ1) is 31.8. The summed E-state index contributed by atoms with van der Waals surface area (Å²) < 4.78 is 7.53. The standard InChI is InChI=1S/C27H41N3O2.2C2H6.CH4/c1-3-32-16-18-4-6-21-20(12-18)5-7-23-22(21)8-9-25-24(23)10-11-26(25)27(2,31)17-30-15-19(13-28)14-29-30;2*1-2;/h14-15,18,20-26,31H,3-12,16-17H2,1-2H3;2*1-2H3;1H4/t18?,20?,21?,22?,23?,24?,25?,26-,27-;;;/m0.../s1. The number of nitrogens with zero attached hydrogens (tertiary/aromatic N) is 3. The summed E-state index contributed by atoms with van der Waals surface area (Å²) in [6.07, 6.45) is 15.5. The van der Waals surface area contributed by atoms with Crippen LogP contribution in [0.4, 0.5) is 0 Å². The summed E-state index contributed by atoms with van der Waals surface area (Å²) in [7, 11) is 0. The van der Waals surface area contributed by atoms with E-state index in [2.05, 4.69) is 18.1 Å². The van der Waals surface area contributed by atoms with E-state index in [9.17, 15) is 5.11 Å². The monoisotopic (exact) mass is 515 g/mol. The van der Waals surface area contributed by atoms with Crippen LogP contribution in [-0.2, 0) is 11.3 Å². The molecule has 0 aromatic carbocycles. The van der Waals surface area contributed by atoms with Crippen molar-refractivity contribution in [2.75, 3.05) is 13.2 Å². The highest BCUT2D eigenvalue weighted by molar-refractivity contribution is 5.21. The second-order valence-corrected chi connectivity index (χ2v) is 11.7. The fraction of sp³-hybridized carbons (Fsp3) is 0.875. The molecule has 1 aromatic rings. The maximum Gasteiger partial charge on any atom is 0.102 e. The Morgan fingerprint density at radius 3 is 2.24 bits per heavy atom. The molecule has 4 aliphatic rings. The highest BCUT2D eigenvalue weighted by Crippen LogP contribution is 2.60. The van der Waals surface area contributed by atoms with Crippen LogP contribution in [0.5, 0.6) is 0 Å². The number of rotatable bonds is 6. The largest absolute Gasteiger partial charge is 0.388 e. The molecule has 0 spiro atoms. The minimum absolute atomic E-state index is 0. The molecule has 0 bridgehead atoms. The van der Waals surface area contributed by atoms with Crippen molar-refractivity contribution in [1.82, 2.24) is 9.78 Å². The molecule has 1 N–H and O–H groups in total. The number of aliphatic hydroxyl groups is 1. The molecule has 7 unspecified atom stereocenters. The van der Waals surface area contributed by atoms with Gasteiger partial charge in [-0.25, -0.2) is 0 Å². The van der Waals surface area contributed by atoms with Crippen LogP contribution < -0.4 is 0 Å². The molecule has 212 valence electrons. The lowest BCUT2D eigenvalue weighted by atomic mass is 9.52. The summed E-state index contributed by atoms with van der Waals surface area (Å²) in [5.74, 6) is 6.29. The maximum absolute atomic E-state index is 11.5. The van der Waals surface area contributed by atoms with Crippen LogP contribution in [0.1, 0.15) is 112 Å². The van der Waals surface area contributed by atoms with E-state index in [-0.39, 0.29) is 7.43 Å². The van der Waals surface area contributed by atoms with Crippen LogP contribution in [0, 0.1) is 58.7 Å². The lowest BCUT2D eigenvalue weighted by Crippen LogP contribution is -2.48. The van der Waals surface area contributed by atoms with Gasteiger partial charge in [-0.05, 0) is 119 Å². The van der Waals surface area contributed by atoms with E-state index >= 15 is 0 Å². The van der Waals surface area contributed by atoms with Gasteiger partial charge in [0, 0.05) is 19.4 Å². The van der Waals surface area contributed by atoms with Crippen molar-refractivity contribution < 1.29 is 9.84 Å². The highest BCUT2D eigenvalue weighted by Gasteiger charge is 2.54. The normalized spacial score (nSPS) is 35.4. The second-order valence-electron chi connectivity index (χ2n) is 11.7. The Hall–Kier alpha value is -1.38. The van der Waals surface area contributed by atoms with Gasteiger partial charge in [0.1, 0.15) is 6.07 Å². The molecule has 0 radical (unpaired) electrons. The predicted molar refractivity (Wildman–Crippen MR) is 153 cm³/mol. The third-order valence-electron chi connectivity index (χ3n) is 9.98. The number of aromatic nitrogens is 2. The average molecular weight is 516 g/mol. The topological polar surface area (TPSA) is 71.1 Å². The quantitative estimate of drug-likeness (QED) is 0.421. The molecular formula is C32H57N3O2. The first-order valence-corrected chi connectivity index (χ1v) is 15.2. The third-order valence-corrected chi connectivity index (χ3v) is 9.98. The lowest BCUT2D eigenvalue weighted by molar-refractivity contribution is -0.0764. The Morgan fingerprint density at radius 2 is 1.57 bits per heavy atom. The van der Waals surface area contributed by atoms with Crippen LogP contribution in [0.25, 0.3) is 0 Å². The molecule has 0 aliphatic heterocycles. The number of hydrogen-bond donors (Lipinski definition) is 1. The van der Waals surface area contributed by atoms with Crippen LogP contribution in [0.15, 0.2) is 12.4 Å². The summed E-state index contributed by atoms with van der Waals surface area (Å²) in [5, 5.41) is 24.9. The molecule has 0 amide bonds. The van der Waals surface area contributed by atoms with Crippen molar-refractivity contribution in [3.05, 3.63) is 18.0 Å². The number of hydrogen-bond acceptors (Lipinski definition) is 4. The van der Waals surface area contributed by atoms with Crippen LogP contribution in [0.2, 0.25) is 0 Å². The van der Waals surface area contributed by atoms with Gasteiger partial charge < -0.3 is 9.84 Å². The maximum atomic E-state index is 11.5. The molecule has 5 heteroatoms. The van der Waals surface area contributed by atoms with Gasteiger partial charge in [0.25, 0.3) is 0 Å². The van der Waals surface area contributed by atoms with Gasteiger partial charge in [0.2, 0.25) is 0 Å². The fourth-order valence-electron chi connectivity index (χ4n) is 8.77. The van der Waals surface area contributed by atoms with Crippen molar-refractivity contribution in [2.45, 2.75) is 119 Å². The van der Waals surface area contributed by atoms with E-state index in [1.807, 2.05) is 34.6 Å². The number of fused-ring (bicyclic) bond motifs is 5. The first-order valence-electron chi connectivity index (χ1n) is 15.2. The number of ether oxygens (including phenoxy) is 1. The van der Waals surface area contributed by atoms with Gasteiger partial charge in [-0.15, -0.1) is 0 Å². The van der Waals surface area contributed by atoms with E-state index < -0.39 is 5.60 Å². The molecule has 0 saturated heterocycles. The summed E-state index contributed by atoms with van der Waals surface area (Å²) in [5.41, 5.74) is -0.196. The van der Waals surface area contributed by atoms with Gasteiger partial charge in [0.05, 0.1) is 23.9 Å². The Labute approximate surface area is 228 Å². The van der Waals surface area contributed by atoms with E-state index in [1.54, 1.807) is 17.1 Å². The smallest absolute Gasteiger partial charge is 0.102 e. The molecule has 4 aliphatic carbocycles. The van der Waals surface area contributed by atoms with Crippen molar-refractivity contribution in [1.29, 1.82) is 5.26 Å². The third kappa shape index (κ3) is 6.99. The Balaban J connectivity index is 0.000000919. The summed E-state index contributed by atoms with van der Waals surface area (Å²) >= 11 is 0. The van der Waals surface area contributed by atoms with E-state index in [0.717, 1.165) is 55.1 Å². The van der Waals surface area contributed by atoms with E-state index in [1.165, 1.54) is 51.4 Å². The Morgan fingerprint density at radius 1 is 0.973 bits per heavy atom. The van der Waals surface area contributed by atoms with Crippen molar-refractivity contribution in [2.24, 2.45) is 47.3 Å². The predicted octanol–water partition coefficient (Wildman–Crippen LogP) is 7.73. The summed E-state index contributed by atoms with van der Waals surface area (Å²) in [4.78, 5) is 0. The minimum Gasteiger partial charge on any atom is -0.388 e. The van der Waals surface area contributed by atoms with Gasteiger partial charge >= 0.3 is 0 Å². The second kappa shape index (κ2) is 14.7.